The zero-order valence-corrected chi connectivity index (χ0v) is 12.0. The Hall–Kier alpha value is -1.34. The molecule has 0 aliphatic heterocycles. The van der Waals surface area contributed by atoms with E-state index in [0.29, 0.717) is 11.3 Å². The number of rotatable bonds is 9. The predicted octanol–water partition coefficient (Wildman–Crippen LogP) is 3.71. The highest BCUT2D eigenvalue weighted by molar-refractivity contribution is 7.91. The molecule has 0 aliphatic rings. The van der Waals surface area contributed by atoms with Crippen LogP contribution in [0.5, 0.6) is 0 Å². The maximum Gasteiger partial charge on any atom is 0.178 e. The molecule has 19 heavy (non-hydrogen) atoms. The van der Waals surface area contributed by atoms with Crippen molar-refractivity contribution < 1.29 is 8.42 Å². The largest absolute Gasteiger partial charge is 0.224 e. The third kappa shape index (κ3) is 6.40. The number of unbranched alkanes of at least 4 members (excludes halogenated alkanes) is 6. The third-order valence-corrected chi connectivity index (χ3v) is 4.87. The summed E-state index contributed by atoms with van der Waals surface area (Å²) in [6, 6.07) is 10.8. The average Bonchev–Trinajstić information content (AvgIpc) is 2.43. The average molecular weight is 279 g/mol. The third-order valence-electron chi connectivity index (χ3n) is 3.05. The molecule has 4 heteroatoms. The highest BCUT2D eigenvalue weighted by atomic mass is 32.2. The van der Waals surface area contributed by atoms with Gasteiger partial charge in [0.25, 0.3) is 0 Å². The van der Waals surface area contributed by atoms with E-state index >= 15 is 0 Å². The Balaban J connectivity index is 2.18. The minimum absolute atomic E-state index is 0.231. The van der Waals surface area contributed by atoms with E-state index in [9.17, 15) is 8.42 Å². The maximum atomic E-state index is 12.0. The van der Waals surface area contributed by atoms with Crippen molar-refractivity contribution in [2.75, 3.05) is 5.75 Å². The minimum Gasteiger partial charge on any atom is -0.224 e. The molecule has 0 bridgehead atoms. The number of hydrogen-bond acceptors (Lipinski definition) is 3. The lowest BCUT2D eigenvalue weighted by Crippen LogP contribution is -2.06. The first-order chi connectivity index (χ1) is 9.17. The van der Waals surface area contributed by atoms with Gasteiger partial charge in [0.1, 0.15) is 0 Å². The van der Waals surface area contributed by atoms with Crippen LogP contribution < -0.4 is 0 Å². The summed E-state index contributed by atoms with van der Waals surface area (Å²) >= 11 is 0. The van der Waals surface area contributed by atoms with E-state index in [1.165, 1.54) is 0 Å². The monoisotopic (exact) mass is 279 g/mol. The van der Waals surface area contributed by atoms with Crippen LogP contribution in [0.4, 0.5) is 0 Å². The molecule has 104 valence electrons. The van der Waals surface area contributed by atoms with Gasteiger partial charge >= 0.3 is 0 Å². The SMILES string of the molecule is N#CCCCCCCCCS(=O)(=O)c1ccccc1. The van der Waals surface area contributed by atoms with E-state index in [2.05, 4.69) is 6.07 Å². The van der Waals surface area contributed by atoms with Gasteiger partial charge in [-0.15, -0.1) is 0 Å². The van der Waals surface area contributed by atoms with Crippen LogP contribution in [-0.2, 0) is 9.84 Å². The smallest absolute Gasteiger partial charge is 0.178 e. The second-order valence-electron chi connectivity index (χ2n) is 4.66. The molecule has 0 atom stereocenters. The number of hydrogen-bond donors (Lipinski definition) is 0. The molecule has 0 unspecified atom stereocenters. The number of sulfone groups is 1. The van der Waals surface area contributed by atoms with Crippen LogP contribution in [0.15, 0.2) is 35.2 Å². The van der Waals surface area contributed by atoms with Gasteiger partial charge in [0.2, 0.25) is 0 Å². The topological polar surface area (TPSA) is 57.9 Å². The Morgan fingerprint density at radius 3 is 2.11 bits per heavy atom. The van der Waals surface area contributed by atoms with E-state index in [0.717, 1.165) is 38.5 Å². The normalized spacial score (nSPS) is 11.1. The van der Waals surface area contributed by atoms with Gasteiger partial charge in [0, 0.05) is 6.42 Å². The fourth-order valence-electron chi connectivity index (χ4n) is 1.95. The summed E-state index contributed by atoms with van der Waals surface area (Å²) in [5, 5.41) is 8.39. The molecule has 0 saturated carbocycles. The Labute approximate surface area is 116 Å². The molecule has 1 aromatic carbocycles. The highest BCUT2D eigenvalue weighted by Crippen LogP contribution is 2.13. The Kier molecular flexibility index (Phi) is 7.20. The molecule has 0 radical (unpaired) electrons. The minimum atomic E-state index is -3.10. The summed E-state index contributed by atoms with van der Waals surface area (Å²) in [4.78, 5) is 0.420. The van der Waals surface area contributed by atoms with Crippen LogP contribution in [0.3, 0.4) is 0 Å². The summed E-state index contributed by atoms with van der Waals surface area (Å²) in [7, 11) is -3.10. The van der Waals surface area contributed by atoms with E-state index in [1.54, 1.807) is 24.3 Å². The van der Waals surface area contributed by atoms with Gasteiger partial charge in [-0.1, -0.05) is 43.9 Å². The zero-order chi connectivity index (χ0) is 14.0. The molecule has 1 aromatic rings. The number of benzene rings is 1. The summed E-state index contributed by atoms with van der Waals surface area (Å²) in [6.07, 6.45) is 6.46. The van der Waals surface area contributed by atoms with Crippen molar-refractivity contribution in [3.8, 4) is 6.07 Å². The summed E-state index contributed by atoms with van der Waals surface area (Å²) in [6.45, 7) is 0. The molecular formula is C15H21NO2S. The lowest BCUT2D eigenvalue weighted by molar-refractivity contribution is 0.581. The molecule has 3 nitrogen and oxygen atoms in total. The van der Waals surface area contributed by atoms with Gasteiger partial charge < -0.3 is 0 Å². The van der Waals surface area contributed by atoms with Crippen LogP contribution in [0.25, 0.3) is 0 Å². The van der Waals surface area contributed by atoms with E-state index in [-0.39, 0.29) is 5.75 Å². The van der Waals surface area contributed by atoms with Crippen molar-refractivity contribution in [1.29, 1.82) is 5.26 Å². The van der Waals surface area contributed by atoms with Gasteiger partial charge in [0.05, 0.1) is 16.7 Å². The standard InChI is InChI=1S/C15H21NO2S/c16-13-9-4-2-1-3-5-10-14-19(17,18)15-11-7-6-8-12-15/h6-8,11-12H,1-5,9-10,14H2. The van der Waals surface area contributed by atoms with Gasteiger partial charge in [0.15, 0.2) is 9.84 Å². The van der Waals surface area contributed by atoms with E-state index < -0.39 is 9.84 Å². The number of nitrogens with zero attached hydrogens (tertiary/aromatic N) is 1. The second kappa shape index (κ2) is 8.71. The van der Waals surface area contributed by atoms with Gasteiger partial charge in [-0.25, -0.2) is 8.42 Å². The molecule has 1 rings (SSSR count). The van der Waals surface area contributed by atoms with Gasteiger partial charge in [-0.3, -0.25) is 0 Å². The maximum absolute atomic E-state index is 12.0. The van der Waals surface area contributed by atoms with Crippen LogP contribution >= 0.6 is 0 Å². The van der Waals surface area contributed by atoms with Crippen molar-refractivity contribution in [1.82, 2.24) is 0 Å². The van der Waals surface area contributed by atoms with Crippen molar-refractivity contribution in [3.63, 3.8) is 0 Å². The molecule has 0 spiro atoms. The molecule has 0 heterocycles. The summed E-state index contributed by atoms with van der Waals surface area (Å²) in [5.41, 5.74) is 0. The molecule has 0 aliphatic carbocycles. The zero-order valence-electron chi connectivity index (χ0n) is 11.2. The van der Waals surface area contributed by atoms with E-state index in [4.69, 9.17) is 5.26 Å². The lowest BCUT2D eigenvalue weighted by atomic mass is 10.1. The van der Waals surface area contributed by atoms with Crippen molar-refractivity contribution >= 4 is 9.84 Å². The Bertz CT molecular complexity index is 489. The summed E-state index contributed by atoms with van der Waals surface area (Å²) in [5.74, 6) is 0.231. The fraction of sp³-hybridized carbons (Fsp3) is 0.533. The van der Waals surface area contributed by atoms with Gasteiger partial charge in [-0.05, 0) is 25.0 Å². The van der Waals surface area contributed by atoms with E-state index in [1.807, 2.05) is 6.07 Å². The Morgan fingerprint density at radius 2 is 1.47 bits per heavy atom. The lowest BCUT2D eigenvalue weighted by Gasteiger charge is -2.04. The Morgan fingerprint density at radius 1 is 0.895 bits per heavy atom. The van der Waals surface area contributed by atoms with Crippen LogP contribution in [-0.4, -0.2) is 14.2 Å². The molecule has 0 amide bonds. The summed E-state index contributed by atoms with van der Waals surface area (Å²) < 4.78 is 23.9. The molecule has 0 N–H and O–H groups in total. The van der Waals surface area contributed by atoms with Crippen molar-refractivity contribution in [2.24, 2.45) is 0 Å². The predicted molar refractivity (Wildman–Crippen MR) is 76.4 cm³/mol. The molecular weight excluding hydrogens is 258 g/mol. The first-order valence-corrected chi connectivity index (χ1v) is 8.47. The number of nitriles is 1. The van der Waals surface area contributed by atoms with Gasteiger partial charge in [-0.2, -0.15) is 5.26 Å². The van der Waals surface area contributed by atoms with Crippen molar-refractivity contribution in [3.05, 3.63) is 30.3 Å². The first-order valence-electron chi connectivity index (χ1n) is 6.81. The molecule has 0 aromatic heterocycles. The molecule has 0 fully saturated rings. The quantitative estimate of drug-likeness (QED) is 0.647. The van der Waals surface area contributed by atoms with Crippen LogP contribution in [0, 0.1) is 11.3 Å². The fourth-order valence-corrected chi connectivity index (χ4v) is 3.34. The van der Waals surface area contributed by atoms with Crippen molar-refractivity contribution in [2.45, 2.75) is 49.8 Å². The second-order valence-corrected chi connectivity index (χ2v) is 6.77. The first kappa shape index (κ1) is 15.7. The molecule has 0 saturated heterocycles. The highest BCUT2D eigenvalue weighted by Gasteiger charge is 2.12. The van der Waals surface area contributed by atoms with Crippen LogP contribution in [0.1, 0.15) is 44.9 Å². The van der Waals surface area contributed by atoms with Crippen LogP contribution in [0.2, 0.25) is 0 Å².